The van der Waals surface area contributed by atoms with E-state index in [0.29, 0.717) is 11.3 Å². The highest BCUT2D eigenvalue weighted by molar-refractivity contribution is 5.40. The van der Waals surface area contributed by atoms with E-state index >= 15 is 0 Å². The molecule has 0 saturated carbocycles. The molecule has 0 bridgehead atoms. The number of hydrogen-bond donors (Lipinski definition) is 2. The van der Waals surface area contributed by atoms with Crippen molar-refractivity contribution in [2.24, 2.45) is 5.73 Å². The number of halogens is 3. The Hall–Kier alpha value is -1.23. The summed E-state index contributed by atoms with van der Waals surface area (Å²) in [5.41, 5.74) is 11.7. The van der Waals surface area contributed by atoms with Crippen LogP contribution in [0.2, 0.25) is 0 Å². The number of rotatable bonds is 2. The van der Waals surface area contributed by atoms with Crippen LogP contribution in [0.5, 0.6) is 0 Å². The lowest BCUT2D eigenvalue weighted by molar-refractivity contribution is -0.138. The van der Waals surface area contributed by atoms with Crippen molar-refractivity contribution in [2.45, 2.75) is 18.6 Å². The highest BCUT2D eigenvalue weighted by Gasteiger charge is 2.30. The molecular formula is C9H11F3N2. The second-order valence-electron chi connectivity index (χ2n) is 3.09. The fourth-order valence-electron chi connectivity index (χ4n) is 1.11. The lowest BCUT2D eigenvalue weighted by Crippen LogP contribution is -2.20. The van der Waals surface area contributed by atoms with Crippen molar-refractivity contribution >= 4 is 5.69 Å². The molecule has 0 aliphatic heterocycles. The molecule has 2 nitrogen and oxygen atoms in total. The molecular weight excluding hydrogens is 193 g/mol. The van der Waals surface area contributed by atoms with Crippen LogP contribution < -0.4 is 11.5 Å². The molecule has 0 aliphatic rings. The topological polar surface area (TPSA) is 52.0 Å². The van der Waals surface area contributed by atoms with Gasteiger partial charge in [0.15, 0.2) is 0 Å². The van der Waals surface area contributed by atoms with Gasteiger partial charge in [-0.15, -0.1) is 0 Å². The van der Waals surface area contributed by atoms with Crippen molar-refractivity contribution in [3.05, 3.63) is 29.8 Å². The van der Waals surface area contributed by atoms with Crippen LogP contribution in [0.1, 0.15) is 18.0 Å². The van der Waals surface area contributed by atoms with Gasteiger partial charge >= 0.3 is 6.18 Å². The van der Waals surface area contributed by atoms with E-state index in [2.05, 4.69) is 0 Å². The first-order chi connectivity index (χ1) is 6.38. The molecule has 0 aliphatic carbocycles. The van der Waals surface area contributed by atoms with Crippen LogP contribution >= 0.6 is 0 Å². The molecule has 0 amide bonds. The monoisotopic (exact) mass is 204 g/mol. The highest BCUT2D eigenvalue weighted by atomic mass is 19.4. The standard InChI is InChI=1S/C9H11F3N2/c10-9(11,12)5-8(14)6-1-3-7(13)4-2-6/h1-4,8H,5,13-14H2. The van der Waals surface area contributed by atoms with Gasteiger partial charge in [0, 0.05) is 11.7 Å². The van der Waals surface area contributed by atoms with Gasteiger partial charge in [0.25, 0.3) is 0 Å². The SMILES string of the molecule is Nc1ccc(C(N)CC(F)(F)F)cc1. The smallest absolute Gasteiger partial charge is 0.390 e. The average molecular weight is 204 g/mol. The molecule has 0 heterocycles. The molecule has 0 saturated heterocycles. The van der Waals surface area contributed by atoms with Crippen molar-refractivity contribution < 1.29 is 13.2 Å². The average Bonchev–Trinajstić information content (AvgIpc) is 2.02. The summed E-state index contributed by atoms with van der Waals surface area (Å²) in [7, 11) is 0. The molecule has 1 unspecified atom stereocenters. The van der Waals surface area contributed by atoms with E-state index in [4.69, 9.17) is 11.5 Å². The zero-order valence-corrected chi connectivity index (χ0v) is 7.38. The summed E-state index contributed by atoms with van der Waals surface area (Å²) in [4.78, 5) is 0. The van der Waals surface area contributed by atoms with Crippen LogP contribution in [0, 0.1) is 0 Å². The molecule has 0 radical (unpaired) electrons. The quantitative estimate of drug-likeness (QED) is 0.726. The second-order valence-corrected chi connectivity index (χ2v) is 3.09. The Kier molecular flexibility index (Phi) is 3.00. The summed E-state index contributed by atoms with van der Waals surface area (Å²) in [6, 6.07) is 5.06. The zero-order valence-electron chi connectivity index (χ0n) is 7.38. The molecule has 5 heteroatoms. The maximum Gasteiger partial charge on any atom is 0.390 e. The van der Waals surface area contributed by atoms with Crippen LogP contribution in [0.15, 0.2) is 24.3 Å². The number of nitrogen functional groups attached to an aromatic ring is 1. The molecule has 0 aromatic heterocycles. The lowest BCUT2D eigenvalue weighted by atomic mass is 10.0. The van der Waals surface area contributed by atoms with E-state index in [1.165, 1.54) is 24.3 Å². The van der Waals surface area contributed by atoms with Gasteiger partial charge in [-0.3, -0.25) is 0 Å². The van der Waals surface area contributed by atoms with E-state index in [1.54, 1.807) is 0 Å². The van der Waals surface area contributed by atoms with E-state index in [9.17, 15) is 13.2 Å². The maximum atomic E-state index is 12.0. The van der Waals surface area contributed by atoms with Crippen LogP contribution in [0.3, 0.4) is 0 Å². The van der Waals surface area contributed by atoms with Crippen LogP contribution in [-0.4, -0.2) is 6.18 Å². The summed E-state index contributed by atoms with van der Waals surface area (Å²) in [5.74, 6) is 0. The van der Waals surface area contributed by atoms with Gasteiger partial charge in [0.1, 0.15) is 0 Å². The van der Waals surface area contributed by atoms with Gasteiger partial charge in [-0.2, -0.15) is 13.2 Å². The molecule has 1 aromatic rings. The van der Waals surface area contributed by atoms with Crippen molar-refractivity contribution in [3.63, 3.8) is 0 Å². The largest absolute Gasteiger partial charge is 0.399 e. The third kappa shape index (κ3) is 3.26. The Morgan fingerprint density at radius 2 is 1.64 bits per heavy atom. The molecule has 14 heavy (non-hydrogen) atoms. The summed E-state index contributed by atoms with van der Waals surface area (Å²) < 4.78 is 35.9. The van der Waals surface area contributed by atoms with Crippen molar-refractivity contribution in [1.29, 1.82) is 0 Å². The molecule has 0 fully saturated rings. The number of benzene rings is 1. The predicted molar refractivity (Wildman–Crippen MR) is 48.5 cm³/mol. The Labute approximate surface area is 79.7 Å². The molecule has 0 spiro atoms. The minimum Gasteiger partial charge on any atom is -0.399 e. The lowest BCUT2D eigenvalue weighted by Gasteiger charge is -2.14. The maximum absolute atomic E-state index is 12.0. The minimum absolute atomic E-state index is 0.441. The molecule has 1 atom stereocenters. The van der Waals surface area contributed by atoms with Gasteiger partial charge in [0.05, 0.1) is 6.42 Å². The van der Waals surface area contributed by atoms with Crippen molar-refractivity contribution in [1.82, 2.24) is 0 Å². The predicted octanol–water partition coefficient (Wildman–Crippen LogP) is 2.22. The fraction of sp³-hybridized carbons (Fsp3) is 0.333. The third-order valence-electron chi connectivity index (χ3n) is 1.82. The summed E-state index contributed by atoms with van der Waals surface area (Å²) in [6.07, 6.45) is -5.25. The van der Waals surface area contributed by atoms with Gasteiger partial charge in [-0.1, -0.05) is 12.1 Å². The molecule has 1 rings (SSSR count). The van der Waals surface area contributed by atoms with E-state index < -0.39 is 18.6 Å². The van der Waals surface area contributed by atoms with Gasteiger partial charge in [-0.25, -0.2) is 0 Å². The van der Waals surface area contributed by atoms with Gasteiger partial charge < -0.3 is 11.5 Å². The first-order valence-corrected chi connectivity index (χ1v) is 4.06. The van der Waals surface area contributed by atoms with E-state index in [1.807, 2.05) is 0 Å². The van der Waals surface area contributed by atoms with Crippen LogP contribution in [0.25, 0.3) is 0 Å². The van der Waals surface area contributed by atoms with E-state index in [0.717, 1.165) is 0 Å². The number of nitrogens with two attached hydrogens (primary N) is 2. The molecule has 1 aromatic carbocycles. The summed E-state index contributed by atoms with van der Waals surface area (Å²) in [6.45, 7) is 0. The second kappa shape index (κ2) is 3.88. The number of alkyl halides is 3. The highest BCUT2D eigenvalue weighted by Crippen LogP contribution is 2.27. The summed E-state index contributed by atoms with van der Waals surface area (Å²) in [5, 5.41) is 0. The Balaban J connectivity index is 2.70. The Bertz CT molecular complexity index is 292. The third-order valence-corrected chi connectivity index (χ3v) is 1.82. The normalized spacial score (nSPS) is 14.0. The van der Waals surface area contributed by atoms with Crippen molar-refractivity contribution in [2.75, 3.05) is 5.73 Å². The Morgan fingerprint density at radius 3 is 2.07 bits per heavy atom. The first kappa shape index (κ1) is 10.8. The Morgan fingerprint density at radius 1 is 1.14 bits per heavy atom. The first-order valence-electron chi connectivity index (χ1n) is 4.06. The minimum atomic E-state index is -4.24. The molecule has 4 N–H and O–H groups in total. The summed E-state index contributed by atoms with van der Waals surface area (Å²) >= 11 is 0. The van der Waals surface area contributed by atoms with Gasteiger partial charge in [0.2, 0.25) is 0 Å². The van der Waals surface area contributed by atoms with Crippen LogP contribution in [-0.2, 0) is 0 Å². The zero-order chi connectivity index (χ0) is 10.8. The van der Waals surface area contributed by atoms with Crippen LogP contribution in [0.4, 0.5) is 18.9 Å². The van der Waals surface area contributed by atoms with Gasteiger partial charge in [-0.05, 0) is 17.7 Å². The van der Waals surface area contributed by atoms with Crippen molar-refractivity contribution in [3.8, 4) is 0 Å². The number of hydrogen-bond acceptors (Lipinski definition) is 2. The molecule has 78 valence electrons. The van der Waals surface area contributed by atoms with E-state index in [-0.39, 0.29) is 0 Å². The fourth-order valence-corrected chi connectivity index (χ4v) is 1.11. The number of anilines is 1.